The predicted octanol–water partition coefficient (Wildman–Crippen LogP) is 3.82. The van der Waals surface area contributed by atoms with Gasteiger partial charge in [-0.1, -0.05) is 0 Å². The van der Waals surface area contributed by atoms with E-state index in [0.717, 1.165) is 0 Å². The number of amides is 8. The zero-order chi connectivity index (χ0) is 50.1. The summed E-state index contributed by atoms with van der Waals surface area (Å²) in [7, 11) is 0. The molecule has 0 saturated heterocycles. The third-order valence-corrected chi connectivity index (χ3v) is 14.3. The Morgan fingerprint density at radius 2 is 0.589 bits per heavy atom. The van der Waals surface area contributed by atoms with Crippen molar-refractivity contribution >= 4 is 68.8 Å². The molecule has 0 unspecified atom stereocenters. The number of benzene rings is 4. The van der Waals surface area contributed by atoms with Crippen LogP contribution in [0.4, 0.5) is 0 Å². The van der Waals surface area contributed by atoms with Crippen LogP contribution in [-0.4, -0.2) is 121 Å². The van der Waals surface area contributed by atoms with Gasteiger partial charge in [-0.3, -0.25) is 58.0 Å². The molecule has 0 aliphatic carbocycles. The Hall–Kier alpha value is -9.20. The fourth-order valence-corrected chi connectivity index (χ4v) is 10.7. The van der Waals surface area contributed by atoms with Gasteiger partial charge in [-0.2, -0.15) is 9.13 Å². The molecule has 73 heavy (non-hydrogen) atoms. The molecular weight excluding hydrogens is 933 g/mol. The van der Waals surface area contributed by atoms with E-state index in [2.05, 4.69) is 9.97 Å². The predicted molar refractivity (Wildman–Crippen MR) is 257 cm³/mol. The topological polar surface area (TPSA) is 203 Å². The molecule has 0 N–H and O–H groups in total. The van der Waals surface area contributed by atoms with Crippen molar-refractivity contribution in [2.75, 3.05) is 26.2 Å². The summed E-state index contributed by atoms with van der Waals surface area (Å²) in [5, 5.41) is 1.40. The minimum absolute atomic E-state index is 0.162. The SMILES string of the molecule is O=C1c2ccc3c4c(ccc(c24)C(=O)N1CCCn1ccnc1)C(=O)N(CCCn1cc[n+](C[n+]2ccn(CCCN4C(=O)c5ccc6c7c(ccc(c57)C4=O)C(=O)N(CCCn4ccnc4)C6=O)c2)c1)C3=O. The summed E-state index contributed by atoms with van der Waals surface area (Å²) in [5.74, 6) is -3.67. The lowest BCUT2D eigenvalue weighted by molar-refractivity contribution is -0.912. The number of carbonyl (C=O) groups excluding carboxylic acids is 8. The number of imide groups is 4. The largest absolute Gasteiger partial charge is 0.337 e. The van der Waals surface area contributed by atoms with Gasteiger partial charge in [-0.25, -0.2) is 19.1 Å². The molecule has 8 aromatic rings. The molecule has 0 spiro atoms. The smallest absolute Gasteiger partial charge is 0.261 e. The first-order valence-electron chi connectivity index (χ1n) is 24.2. The summed E-state index contributed by atoms with van der Waals surface area (Å²) < 4.78 is 11.7. The van der Waals surface area contributed by atoms with E-state index in [1.54, 1.807) is 73.6 Å². The van der Waals surface area contributed by atoms with E-state index in [-0.39, 0.29) is 48.4 Å². The van der Waals surface area contributed by atoms with Gasteiger partial charge >= 0.3 is 0 Å². The first kappa shape index (κ1) is 45.0. The number of aromatic nitrogens is 8. The zero-order valence-corrected chi connectivity index (χ0v) is 39.4. The van der Waals surface area contributed by atoms with E-state index < -0.39 is 47.3 Å². The quantitative estimate of drug-likeness (QED) is 0.0899. The monoisotopic (exact) mass is 978 g/mol. The van der Waals surface area contributed by atoms with Gasteiger partial charge < -0.3 is 9.13 Å². The molecule has 0 radical (unpaired) electrons. The van der Waals surface area contributed by atoms with Crippen molar-refractivity contribution in [1.29, 1.82) is 0 Å². The maximum Gasteiger partial charge on any atom is 0.261 e. The Morgan fingerprint density at radius 3 is 0.836 bits per heavy atom. The molecule has 0 fully saturated rings. The maximum atomic E-state index is 13.9. The van der Waals surface area contributed by atoms with Gasteiger partial charge in [-0.15, -0.1) is 0 Å². The van der Waals surface area contributed by atoms with E-state index >= 15 is 0 Å². The Morgan fingerprint density at radius 1 is 0.329 bits per heavy atom. The van der Waals surface area contributed by atoms with Gasteiger partial charge in [0, 0.05) is 143 Å². The van der Waals surface area contributed by atoms with Crippen LogP contribution in [0.15, 0.2) is 123 Å². The molecular formula is C53H46N12O8+2. The molecule has 364 valence electrons. The first-order chi connectivity index (χ1) is 35.5. The number of rotatable bonds is 18. The number of hydrogen-bond acceptors (Lipinski definition) is 10. The van der Waals surface area contributed by atoms with E-state index in [4.69, 9.17) is 0 Å². The Labute approximate surface area is 415 Å². The fourth-order valence-electron chi connectivity index (χ4n) is 10.7. The van der Waals surface area contributed by atoms with Crippen LogP contribution in [0.2, 0.25) is 0 Å². The average Bonchev–Trinajstić information content (AvgIpc) is 4.27. The number of hydrogen-bond donors (Lipinski definition) is 0. The number of aryl methyl sites for hydroxylation is 4. The van der Waals surface area contributed by atoms with E-state index in [1.165, 1.54) is 19.6 Å². The molecule has 0 atom stereocenters. The summed E-state index contributed by atoms with van der Waals surface area (Å²) in [6.45, 7) is 3.45. The number of carbonyl (C=O) groups is 8. The van der Waals surface area contributed by atoms with E-state index in [1.807, 2.05) is 77.2 Å². The van der Waals surface area contributed by atoms with Crippen molar-refractivity contribution in [2.45, 2.75) is 58.5 Å². The van der Waals surface area contributed by atoms with Crippen LogP contribution in [0.3, 0.4) is 0 Å². The van der Waals surface area contributed by atoms with E-state index in [0.29, 0.717) is 102 Å². The lowest BCUT2D eigenvalue weighted by Gasteiger charge is -2.32. The van der Waals surface area contributed by atoms with Gasteiger partial charge in [0.05, 0.1) is 25.7 Å². The highest BCUT2D eigenvalue weighted by Crippen LogP contribution is 2.40. The summed E-state index contributed by atoms with van der Waals surface area (Å²) in [5.41, 5.74) is 2.32. The van der Waals surface area contributed by atoms with Gasteiger partial charge in [-0.05, 0) is 61.4 Å². The van der Waals surface area contributed by atoms with Crippen molar-refractivity contribution < 1.29 is 47.5 Å². The van der Waals surface area contributed by atoms with Crippen LogP contribution in [0.5, 0.6) is 0 Å². The summed E-state index contributed by atoms with van der Waals surface area (Å²) >= 11 is 0. The van der Waals surface area contributed by atoms with Crippen molar-refractivity contribution in [3.05, 3.63) is 168 Å². The second-order valence-electron chi connectivity index (χ2n) is 18.7. The highest BCUT2D eigenvalue weighted by molar-refractivity contribution is 6.34. The Kier molecular flexibility index (Phi) is 11.0. The Bertz CT molecular complexity index is 3290. The van der Waals surface area contributed by atoms with Crippen LogP contribution in [0, 0.1) is 0 Å². The van der Waals surface area contributed by atoms with Gasteiger partial charge in [0.25, 0.3) is 47.3 Å². The summed E-state index contributed by atoms with van der Waals surface area (Å²) in [4.78, 5) is 123. The van der Waals surface area contributed by atoms with Crippen LogP contribution >= 0.6 is 0 Å². The van der Waals surface area contributed by atoms with Gasteiger partial charge in [0.1, 0.15) is 24.8 Å². The summed E-state index contributed by atoms with van der Waals surface area (Å²) in [6.07, 6.45) is 23.9. The molecule has 4 aliphatic rings. The van der Waals surface area contributed by atoms with Crippen molar-refractivity contribution in [3.63, 3.8) is 0 Å². The Balaban J connectivity index is 0.639. The standard InChI is InChI=1S/C53H46N12O8/c66-46-34-5-9-38-44-39(10-6-35(42(34)44)47(67)62(46)19-1-15-56-23-13-54-29-56)51(71)64(50(38)70)21-3-17-58-25-27-60(31-58)33-61-28-26-59(32-61)18-4-22-65-52(72)40-11-7-36-43-37(8-12-41(45(40)43)53(65)73)49(69)63(48(36)68)20-2-16-57-24-14-55-30-57/h5-14,23-32H,1-4,15-22,33H2/q+2. The lowest BCUT2D eigenvalue weighted by Crippen LogP contribution is -2.49. The molecule has 0 bridgehead atoms. The van der Waals surface area contributed by atoms with Crippen molar-refractivity contribution in [2.24, 2.45) is 0 Å². The average molecular weight is 979 g/mol. The highest BCUT2D eigenvalue weighted by atomic mass is 16.2. The van der Waals surface area contributed by atoms with Gasteiger partial charge in [0.15, 0.2) is 0 Å². The van der Waals surface area contributed by atoms with Gasteiger partial charge in [0.2, 0.25) is 19.3 Å². The fraction of sp³-hybridized carbons (Fsp3) is 0.245. The molecule has 8 heterocycles. The van der Waals surface area contributed by atoms with Crippen molar-refractivity contribution in [3.8, 4) is 0 Å². The molecule has 8 amide bonds. The number of imidazole rings is 4. The van der Waals surface area contributed by atoms with Crippen LogP contribution in [0.1, 0.15) is 109 Å². The molecule has 20 nitrogen and oxygen atoms in total. The van der Waals surface area contributed by atoms with E-state index in [9.17, 15) is 38.4 Å². The third-order valence-electron chi connectivity index (χ3n) is 14.3. The van der Waals surface area contributed by atoms with Crippen molar-refractivity contribution in [1.82, 2.24) is 47.8 Å². The van der Waals surface area contributed by atoms with Crippen LogP contribution in [0.25, 0.3) is 21.5 Å². The minimum Gasteiger partial charge on any atom is -0.337 e. The second-order valence-corrected chi connectivity index (χ2v) is 18.7. The molecule has 4 aliphatic heterocycles. The minimum atomic E-state index is -0.467. The highest BCUT2D eigenvalue weighted by Gasteiger charge is 2.41. The molecule has 4 aromatic heterocycles. The zero-order valence-electron chi connectivity index (χ0n) is 39.4. The number of nitrogens with zero attached hydrogens (tertiary/aromatic N) is 12. The molecule has 20 heteroatoms. The van der Waals surface area contributed by atoms with Crippen LogP contribution < -0.4 is 9.13 Å². The normalized spacial score (nSPS) is 15.1. The van der Waals surface area contributed by atoms with Crippen LogP contribution in [-0.2, 0) is 32.8 Å². The summed E-state index contributed by atoms with van der Waals surface area (Å²) in [6, 6.07) is 12.7. The first-order valence-corrected chi connectivity index (χ1v) is 24.2. The lowest BCUT2D eigenvalue weighted by atomic mass is 9.86. The maximum absolute atomic E-state index is 13.9. The molecule has 12 rings (SSSR count). The molecule has 0 saturated carbocycles. The second kappa shape index (κ2) is 17.9. The third kappa shape index (κ3) is 7.60. The molecule has 4 aromatic carbocycles.